The number of halogens is 2. The van der Waals surface area contributed by atoms with Crippen LogP contribution in [0.4, 0.5) is 0 Å². The van der Waals surface area contributed by atoms with Crippen LogP contribution < -0.4 is 24.8 Å². The molecule has 0 fully saturated rings. The van der Waals surface area contributed by atoms with E-state index in [1.54, 1.807) is 27.4 Å². The van der Waals surface area contributed by atoms with E-state index < -0.39 is 0 Å². The van der Waals surface area contributed by atoms with Gasteiger partial charge in [0.1, 0.15) is 0 Å². The van der Waals surface area contributed by atoms with Gasteiger partial charge in [0, 0.05) is 5.41 Å². The van der Waals surface area contributed by atoms with E-state index in [2.05, 4.69) is 212 Å². The summed E-state index contributed by atoms with van der Waals surface area (Å²) in [5.74, 6) is 0.522. The second-order valence-electron chi connectivity index (χ2n) is 21.1. The zero-order valence-electron chi connectivity index (χ0n) is 38.3. The van der Waals surface area contributed by atoms with Crippen LogP contribution in [-0.4, -0.2) is 3.21 Å². The van der Waals surface area contributed by atoms with E-state index in [4.69, 9.17) is 0 Å². The van der Waals surface area contributed by atoms with E-state index in [9.17, 15) is 0 Å². The summed E-state index contributed by atoms with van der Waals surface area (Å²) < 4.78 is 1.60. The minimum atomic E-state index is -0.0202. The van der Waals surface area contributed by atoms with E-state index >= 15 is 0 Å². The molecule has 0 heterocycles. The number of fused-ring (bicyclic) bond motifs is 5. The summed E-state index contributed by atoms with van der Waals surface area (Å²) in [5.41, 5.74) is 19.5. The number of allylic oxidation sites excluding steroid dienone is 8. The molecule has 1 atom stereocenters. The van der Waals surface area contributed by atoms with E-state index in [-0.39, 0.29) is 46.5 Å². The second kappa shape index (κ2) is 18.3. The van der Waals surface area contributed by atoms with E-state index in [1.807, 2.05) is 0 Å². The molecule has 8 rings (SSSR count). The van der Waals surface area contributed by atoms with Crippen molar-refractivity contribution in [1.29, 1.82) is 0 Å². The third-order valence-electron chi connectivity index (χ3n) is 11.9. The third kappa shape index (κ3) is 11.2. The fourth-order valence-electron chi connectivity index (χ4n) is 8.74. The first-order valence-corrected chi connectivity index (χ1v) is 22.4. The standard InChI is InChI=1S/C31H37.C15H14.C10H15.2ClH.Zr/c1-28(2,3)26-16-30(7,8)24-12-18-11-19-13-25-23(15-21(19)20(18)14-22(24)26)27(29(4,5)6)17-31(25,9)10;1-3-8-14(9-4-1)12-7-13-15-10-5-2-6-11-15;1-8-5-6-9(7-8)10(2,3)4;;;/h12-16H,11H2,1-10H3;1-6,8-11H,12-13H2;6-8H,1-4H3;2*1H;/q-1;;-1;;;+2/p-2. The number of benzene rings is 4. The summed E-state index contributed by atoms with van der Waals surface area (Å²) in [6.07, 6.45) is 17.3. The number of hydrogen-bond donors (Lipinski definition) is 0. The van der Waals surface area contributed by atoms with Crippen LogP contribution in [0.5, 0.6) is 0 Å². The Morgan fingerprint density at radius 1 is 0.644 bits per heavy atom. The summed E-state index contributed by atoms with van der Waals surface area (Å²) in [4.78, 5) is 0. The van der Waals surface area contributed by atoms with Gasteiger partial charge in [-0.25, -0.2) is 11.6 Å². The molecule has 310 valence electrons. The average molecular weight is 901 g/mol. The molecule has 0 saturated heterocycles. The summed E-state index contributed by atoms with van der Waals surface area (Å²) in [6.45, 7) is 32.2. The van der Waals surface area contributed by atoms with Gasteiger partial charge in [-0.3, -0.25) is 12.2 Å². The molecular formula is C56H66Cl2Zr-2. The van der Waals surface area contributed by atoms with Gasteiger partial charge < -0.3 is 24.8 Å². The Labute approximate surface area is 386 Å². The first-order valence-electron chi connectivity index (χ1n) is 21.1. The molecule has 59 heavy (non-hydrogen) atoms. The molecule has 0 amide bonds. The van der Waals surface area contributed by atoms with Crippen LogP contribution in [0, 0.1) is 34.3 Å². The van der Waals surface area contributed by atoms with E-state index in [0.717, 1.165) is 19.3 Å². The molecule has 0 radical (unpaired) electrons. The first kappa shape index (κ1) is 48.8. The van der Waals surface area contributed by atoms with Gasteiger partial charge in [0.05, 0.1) is 0 Å². The van der Waals surface area contributed by atoms with Crippen molar-refractivity contribution in [2.24, 2.45) is 22.2 Å². The monoisotopic (exact) mass is 898 g/mol. The normalized spacial score (nSPS) is 17.6. The zero-order valence-corrected chi connectivity index (χ0v) is 42.2. The molecule has 0 N–H and O–H groups in total. The predicted molar refractivity (Wildman–Crippen MR) is 244 cm³/mol. The Kier molecular flexibility index (Phi) is 15.1. The van der Waals surface area contributed by atoms with Crippen LogP contribution in [0.2, 0.25) is 0 Å². The quantitative estimate of drug-likeness (QED) is 0.159. The van der Waals surface area contributed by atoms with Gasteiger partial charge in [0.25, 0.3) is 0 Å². The molecule has 0 saturated carbocycles. The van der Waals surface area contributed by atoms with E-state index in [1.165, 1.54) is 72.4 Å². The number of hydrogen-bond acceptors (Lipinski definition) is 0. The molecule has 0 spiro atoms. The molecule has 0 nitrogen and oxygen atoms in total. The SMILES string of the molecule is CC(C)(C)C1=[C-]C(C)(C)c2cc3c(cc21)-c1cc2c(cc1C3)C(C)(C)C=C2C(C)(C)C.CC1[C-]=CC(C(C)(C)C)=C1.[Cl-].[Cl-].[Zr+2]=[C](Cc1ccccc1)Cc1ccccc1. The van der Waals surface area contributed by atoms with Crippen molar-refractivity contribution in [3.8, 4) is 11.1 Å². The van der Waals surface area contributed by atoms with Gasteiger partial charge in [-0.05, 0) is 62.3 Å². The van der Waals surface area contributed by atoms with Crippen molar-refractivity contribution >= 4 is 14.4 Å². The molecule has 0 aromatic heterocycles. The van der Waals surface area contributed by atoms with Gasteiger partial charge in [-0.2, -0.15) is 17.2 Å². The van der Waals surface area contributed by atoms with Crippen molar-refractivity contribution in [1.82, 2.24) is 0 Å². The van der Waals surface area contributed by atoms with Crippen LogP contribution in [-0.2, 0) is 54.3 Å². The third-order valence-corrected chi connectivity index (χ3v) is 12.8. The molecule has 3 heteroatoms. The maximum atomic E-state index is 3.85. The van der Waals surface area contributed by atoms with Crippen LogP contribution in [0.25, 0.3) is 22.3 Å². The summed E-state index contributed by atoms with van der Waals surface area (Å²) in [6, 6.07) is 31.4. The van der Waals surface area contributed by atoms with Crippen LogP contribution in [0.1, 0.15) is 141 Å². The molecule has 0 bridgehead atoms. The average Bonchev–Trinajstić information content (AvgIpc) is 3.85. The molecule has 0 aliphatic heterocycles. The van der Waals surface area contributed by atoms with Gasteiger partial charge in [-0.1, -0.05) is 132 Å². The van der Waals surface area contributed by atoms with Crippen LogP contribution in [0.15, 0.2) is 109 Å². The Balaban J connectivity index is 0.000000229. The maximum absolute atomic E-state index is 3.85. The summed E-state index contributed by atoms with van der Waals surface area (Å²) in [5, 5.41) is 0. The summed E-state index contributed by atoms with van der Waals surface area (Å²) >= 11 is 1.55. The molecule has 4 aliphatic rings. The fraction of sp³-hybridized carbons (Fsp3) is 0.411. The van der Waals surface area contributed by atoms with Gasteiger partial charge in [0.15, 0.2) is 0 Å². The predicted octanol–water partition coefficient (Wildman–Crippen LogP) is 8.67. The van der Waals surface area contributed by atoms with Crippen molar-refractivity contribution in [2.75, 3.05) is 0 Å². The van der Waals surface area contributed by atoms with Gasteiger partial charge >= 0.3 is 112 Å². The molecule has 4 aromatic rings. The first-order chi connectivity index (χ1) is 26.4. The Bertz CT molecular complexity index is 2140. The van der Waals surface area contributed by atoms with Gasteiger partial charge in [0.2, 0.25) is 0 Å². The molecule has 4 aromatic carbocycles. The van der Waals surface area contributed by atoms with Crippen molar-refractivity contribution in [3.63, 3.8) is 0 Å². The minimum absolute atomic E-state index is 0. The number of rotatable bonds is 4. The second-order valence-corrected chi connectivity index (χ2v) is 22.8. The molecule has 1 unspecified atom stereocenters. The Hall–Kier alpha value is -2.83. The van der Waals surface area contributed by atoms with Crippen molar-refractivity contribution < 1.29 is 49.0 Å². The van der Waals surface area contributed by atoms with Crippen LogP contribution in [0.3, 0.4) is 0 Å². The van der Waals surface area contributed by atoms with E-state index in [0.29, 0.717) is 11.3 Å². The Morgan fingerprint density at radius 2 is 1.14 bits per heavy atom. The van der Waals surface area contributed by atoms with Crippen LogP contribution >= 0.6 is 0 Å². The fourth-order valence-corrected chi connectivity index (χ4v) is 9.75. The van der Waals surface area contributed by atoms with Crippen molar-refractivity contribution in [3.05, 3.63) is 165 Å². The molecule has 4 aliphatic carbocycles. The topological polar surface area (TPSA) is 0 Å². The molecular weight excluding hydrogens is 835 g/mol. The zero-order chi connectivity index (χ0) is 41.7. The van der Waals surface area contributed by atoms with Crippen molar-refractivity contribution in [2.45, 2.75) is 127 Å². The summed E-state index contributed by atoms with van der Waals surface area (Å²) in [7, 11) is 0. The Morgan fingerprint density at radius 3 is 1.56 bits per heavy atom. The van der Waals surface area contributed by atoms with Gasteiger partial charge in [-0.15, -0.1) is 11.6 Å².